The zero-order valence-corrected chi connectivity index (χ0v) is 13.4. The predicted molar refractivity (Wildman–Crippen MR) is 89.7 cm³/mol. The average Bonchev–Trinajstić information content (AvgIpc) is 2.57. The Balaban J connectivity index is 1.72. The Kier molecular flexibility index (Phi) is 5.01. The van der Waals surface area contributed by atoms with E-state index in [2.05, 4.69) is 30.3 Å². The number of rotatable bonds is 3. The molecule has 2 fully saturated rings. The van der Waals surface area contributed by atoms with E-state index in [9.17, 15) is 4.79 Å². The SMILES string of the molecule is NC(=O)N(C1CCCCC1)C1CCCC(c2ccccc2)C1. The monoisotopic (exact) mass is 300 g/mol. The van der Waals surface area contributed by atoms with Crippen molar-refractivity contribution in [2.75, 3.05) is 0 Å². The maximum Gasteiger partial charge on any atom is 0.315 e. The maximum absolute atomic E-state index is 12.1. The summed E-state index contributed by atoms with van der Waals surface area (Å²) in [7, 11) is 0. The molecule has 2 saturated carbocycles. The molecule has 0 heterocycles. The van der Waals surface area contributed by atoms with Gasteiger partial charge in [0, 0.05) is 12.1 Å². The number of primary amides is 1. The van der Waals surface area contributed by atoms with E-state index >= 15 is 0 Å². The van der Waals surface area contributed by atoms with Gasteiger partial charge in [0.25, 0.3) is 0 Å². The molecule has 0 aliphatic heterocycles. The van der Waals surface area contributed by atoms with Crippen molar-refractivity contribution in [3.8, 4) is 0 Å². The largest absolute Gasteiger partial charge is 0.351 e. The van der Waals surface area contributed by atoms with Crippen LogP contribution in [0.4, 0.5) is 4.79 Å². The number of amides is 2. The van der Waals surface area contributed by atoms with Crippen LogP contribution in [-0.2, 0) is 0 Å². The second kappa shape index (κ2) is 7.17. The molecule has 0 saturated heterocycles. The molecule has 3 heteroatoms. The van der Waals surface area contributed by atoms with Gasteiger partial charge in [-0.2, -0.15) is 0 Å². The fourth-order valence-electron chi connectivity index (χ4n) is 4.46. The highest BCUT2D eigenvalue weighted by Gasteiger charge is 2.34. The number of nitrogens with two attached hydrogens (primary N) is 1. The van der Waals surface area contributed by atoms with Gasteiger partial charge >= 0.3 is 6.03 Å². The normalized spacial score (nSPS) is 26.5. The molecular formula is C19H28N2O. The molecule has 0 spiro atoms. The van der Waals surface area contributed by atoms with E-state index in [0.717, 1.165) is 25.7 Å². The molecule has 120 valence electrons. The Hall–Kier alpha value is -1.51. The van der Waals surface area contributed by atoms with E-state index in [1.54, 1.807) is 0 Å². The molecule has 2 unspecified atom stereocenters. The van der Waals surface area contributed by atoms with Crippen molar-refractivity contribution < 1.29 is 4.79 Å². The third-order valence-electron chi connectivity index (χ3n) is 5.53. The number of hydrogen-bond donors (Lipinski definition) is 1. The van der Waals surface area contributed by atoms with Crippen LogP contribution in [-0.4, -0.2) is 23.0 Å². The summed E-state index contributed by atoms with van der Waals surface area (Å²) in [5, 5.41) is 0. The minimum atomic E-state index is -0.203. The van der Waals surface area contributed by atoms with Gasteiger partial charge in [0.2, 0.25) is 0 Å². The molecule has 0 radical (unpaired) electrons. The van der Waals surface area contributed by atoms with E-state index in [4.69, 9.17) is 5.73 Å². The summed E-state index contributed by atoms with van der Waals surface area (Å²) >= 11 is 0. The summed E-state index contributed by atoms with van der Waals surface area (Å²) in [4.78, 5) is 14.1. The van der Waals surface area contributed by atoms with Gasteiger partial charge in [-0.15, -0.1) is 0 Å². The molecule has 22 heavy (non-hydrogen) atoms. The Labute approximate surface area is 133 Å². The fourth-order valence-corrected chi connectivity index (χ4v) is 4.46. The molecule has 2 amide bonds. The van der Waals surface area contributed by atoms with Crippen LogP contribution < -0.4 is 5.73 Å². The summed E-state index contributed by atoms with van der Waals surface area (Å²) in [6.07, 6.45) is 10.7. The molecule has 2 aliphatic rings. The number of carbonyl (C=O) groups excluding carboxylic acids is 1. The molecule has 1 aromatic rings. The second-order valence-corrected chi connectivity index (χ2v) is 6.97. The Morgan fingerprint density at radius 1 is 0.909 bits per heavy atom. The van der Waals surface area contributed by atoms with Crippen LogP contribution >= 0.6 is 0 Å². The quantitative estimate of drug-likeness (QED) is 0.882. The highest BCUT2D eigenvalue weighted by atomic mass is 16.2. The molecule has 0 bridgehead atoms. The Bertz CT molecular complexity index is 481. The molecule has 0 aromatic heterocycles. The first-order valence-corrected chi connectivity index (χ1v) is 8.88. The smallest absolute Gasteiger partial charge is 0.315 e. The molecule has 2 atom stereocenters. The number of carbonyl (C=O) groups is 1. The van der Waals surface area contributed by atoms with Crippen molar-refractivity contribution >= 4 is 6.03 Å². The Morgan fingerprint density at radius 2 is 1.59 bits per heavy atom. The van der Waals surface area contributed by atoms with E-state index in [0.29, 0.717) is 18.0 Å². The number of benzene rings is 1. The first-order valence-electron chi connectivity index (χ1n) is 8.88. The molecular weight excluding hydrogens is 272 g/mol. The summed E-state index contributed by atoms with van der Waals surface area (Å²) in [5.41, 5.74) is 7.19. The van der Waals surface area contributed by atoms with Gasteiger partial charge in [0.05, 0.1) is 0 Å². The van der Waals surface area contributed by atoms with Gasteiger partial charge in [-0.1, -0.05) is 56.0 Å². The third-order valence-corrected chi connectivity index (χ3v) is 5.53. The molecule has 3 nitrogen and oxygen atoms in total. The van der Waals surface area contributed by atoms with Crippen LogP contribution in [0.15, 0.2) is 30.3 Å². The first kappa shape index (κ1) is 15.4. The van der Waals surface area contributed by atoms with Crippen LogP contribution in [0.5, 0.6) is 0 Å². The van der Waals surface area contributed by atoms with Crippen molar-refractivity contribution in [1.29, 1.82) is 0 Å². The Morgan fingerprint density at radius 3 is 2.27 bits per heavy atom. The number of urea groups is 1. The lowest BCUT2D eigenvalue weighted by Gasteiger charge is -2.42. The van der Waals surface area contributed by atoms with E-state index < -0.39 is 0 Å². The fraction of sp³-hybridized carbons (Fsp3) is 0.632. The zero-order valence-electron chi connectivity index (χ0n) is 13.4. The van der Waals surface area contributed by atoms with Crippen molar-refractivity contribution in [2.24, 2.45) is 5.73 Å². The first-order chi connectivity index (χ1) is 10.8. The van der Waals surface area contributed by atoms with Crippen LogP contribution in [0.2, 0.25) is 0 Å². The van der Waals surface area contributed by atoms with E-state index in [-0.39, 0.29) is 6.03 Å². The summed E-state index contributed by atoms with van der Waals surface area (Å²) in [6.45, 7) is 0. The van der Waals surface area contributed by atoms with Gasteiger partial charge < -0.3 is 10.6 Å². The lowest BCUT2D eigenvalue weighted by Crippen LogP contribution is -2.51. The minimum Gasteiger partial charge on any atom is -0.351 e. The van der Waals surface area contributed by atoms with Crippen molar-refractivity contribution in [3.63, 3.8) is 0 Å². The summed E-state index contributed by atoms with van der Waals surface area (Å²) < 4.78 is 0. The van der Waals surface area contributed by atoms with Crippen LogP contribution in [0.3, 0.4) is 0 Å². The molecule has 2 N–H and O–H groups in total. The highest BCUT2D eigenvalue weighted by molar-refractivity contribution is 5.72. The van der Waals surface area contributed by atoms with Gasteiger partial charge in [0.1, 0.15) is 0 Å². The van der Waals surface area contributed by atoms with Crippen molar-refractivity contribution in [1.82, 2.24) is 4.90 Å². The maximum atomic E-state index is 12.1. The highest BCUT2D eigenvalue weighted by Crippen LogP contribution is 2.37. The van der Waals surface area contributed by atoms with Crippen LogP contribution in [0, 0.1) is 0 Å². The van der Waals surface area contributed by atoms with Crippen LogP contribution in [0.1, 0.15) is 69.3 Å². The third kappa shape index (κ3) is 3.45. The van der Waals surface area contributed by atoms with E-state index in [1.165, 1.54) is 37.7 Å². The zero-order chi connectivity index (χ0) is 15.4. The number of nitrogens with zero attached hydrogens (tertiary/aromatic N) is 1. The summed E-state index contributed by atoms with van der Waals surface area (Å²) in [5.74, 6) is 0.574. The minimum absolute atomic E-state index is 0.203. The predicted octanol–water partition coefficient (Wildman–Crippen LogP) is 4.43. The lowest BCUT2D eigenvalue weighted by atomic mass is 9.80. The lowest BCUT2D eigenvalue weighted by molar-refractivity contribution is 0.106. The molecule has 3 rings (SSSR count). The van der Waals surface area contributed by atoms with Crippen molar-refractivity contribution in [3.05, 3.63) is 35.9 Å². The van der Waals surface area contributed by atoms with Crippen molar-refractivity contribution in [2.45, 2.75) is 75.8 Å². The topological polar surface area (TPSA) is 46.3 Å². The summed E-state index contributed by atoms with van der Waals surface area (Å²) in [6, 6.07) is 11.3. The van der Waals surface area contributed by atoms with Gasteiger partial charge in [-0.25, -0.2) is 4.79 Å². The van der Waals surface area contributed by atoms with Gasteiger partial charge in [-0.3, -0.25) is 0 Å². The van der Waals surface area contributed by atoms with Gasteiger partial charge in [-0.05, 0) is 43.6 Å². The molecule has 1 aromatic carbocycles. The molecule has 2 aliphatic carbocycles. The van der Waals surface area contributed by atoms with Crippen LogP contribution in [0.25, 0.3) is 0 Å². The van der Waals surface area contributed by atoms with E-state index in [1.807, 2.05) is 4.90 Å². The standard InChI is InChI=1S/C19H28N2O/c20-19(22)21(17-11-5-2-6-12-17)18-13-7-10-16(14-18)15-8-3-1-4-9-15/h1,3-4,8-9,16-18H,2,5-7,10-14H2,(H2,20,22). The average molecular weight is 300 g/mol. The second-order valence-electron chi connectivity index (χ2n) is 6.97. The number of hydrogen-bond acceptors (Lipinski definition) is 1. The van der Waals surface area contributed by atoms with Gasteiger partial charge in [0.15, 0.2) is 0 Å².